The van der Waals surface area contributed by atoms with Crippen LogP contribution in [-0.4, -0.2) is 88.5 Å². The molecule has 2 saturated heterocycles. The van der Waals surface area contributed by atoms with Gasteiger partial charge >= 0.3 is 0 Å². The van der Waals surface area contributed by atoms with E-state index in [1.54, 1.807) is 27.0 Å². The van der Waals surface area contributed by atoms with E-state index in [1.807, 2.05) is 29.8 Å². The highest BCUT2D eigenvalue weighted by Gasteiger charge is 2.46. The summed E-state index contributed by atoms with van der Waals surface area (Å²) in [4.78, 5) is 32.8. The lowest BCUT2D eigenvalue weighted by Gasteiger charge is -2.33. The molecule has 1 aliphatic carbocycles. The summed E-state index contributed by atoms with van der Waals surface area (Å²) in [5, 5.41) is 5.28. The number of piperazine rings is 1. The van der Waals surface area contributed by atoms with Crippen LogP contribution >= 0.6 is 0 Å². The lowest BCUT2D eigenvalue weighted by Crippen LogP contribution is -2.48. The molecule has 12 heteroatoms. The average Bonchev–Trinajstić information content (AvgIpc) is 3.92. The van der Waals surface area contributed by atoms with Crippen LogP contribution in [0.2, 0.25) is 0 Å². The van der Waals surface area contributed by atoms with Crippen molar-refractivity contribution in [1.29, 1.82) is 0 Å². The summed E-state index contributed by atoms with van der Waals surface area (Å²) in [6.07, 6.45) is 8.85. The van der Waals surface area contributed by atoms with Crippen molar-refractivity contribution >= 4 is 44.4 Å². The number of carbonyl (C=O) groups excluding carboxylic acids is 2. The number of carbonyl (C=O) groups is 2. The number of likely N-dealkylation sites (tertiary alicyclic amines) is 2. The van der Waals surface area contributed by atoms with Crippen molar-refractivity contribution in [2.24, 2.45) is 0 Å². The van der Waals surface area contributed by atoms with E-state index in [4.69, 9.17) is 9.84 Å². The van der Waals surface area contributed by atoms with Gasteiger partial charge in [-0.25, -0.2) is 13.1 Å². The van der Waals surface area contributed by atoms with Crippen LogP contribution in [-0.2, 0) is 23.1 Å². The zero-order chi connectivity index (χ0) is 38.1. The van der Waals surface area contributed by atoms with Crippen molar-refractivity contribution in [2.75, 3.05) is 26.7 Å². The molecule has 54 heavy (non-hydrogen) atoms. The Morgan fingerprint density at radius 1 is 0.981 bits per heavy atom. The number of nitrogens with one attached hydrogen (secondary N) is 1. The van der Waals surface area contributed by atoms with E-state index >= 15 is 0 Å². The van der Waals surface area contributed by atoms with Crippen molar-refractivity contribution in [3.05, 3.63) is 70.0 Å². The summed E-state index contributed by atoms with van der Waals surface area (Å²) < 4.78 is 37.9. The summed E-state index contributed by atoms with van der Waals surface area (Å²) in [6.45, 7) is 12.9. The van der Waals surface area contributed by atoms with Gasteiger partial charge in [-0.3, -0.25) is 19.2 Å². The number of hydrogen-bond donors (Lipinski definition) is 1. The van der Waals surface area contributed by atoms with Crippen LogP contribution < -0.4 is 9.46 Å². The molecule has 4 aromatic rings. The van der Waals surface area contributed by atoms with Crippen LogP contribution in [0.15, 0.2) is 36.4 Å². The van der Waals surface area contributed by atoms with Gasteiger partial charge in [0.25, 0.3) is 11.8 Å². The second-order valence-corrected chi connectivity index (χ2v) is 18.0. The maximum Gasteiger partial charge on any atom is 0.264 e. The van der Waals surface area contributed by atoms with Crippen LogP contribution in [0.25, 0.3) is 33.8 Å². The number of aryl methyl sites for hydroxylation is 2. The Balaban J connectivity index is 1.33. The number of nitrogens with zero attached hydrogens (tertiary/aromatic N) is 5. The van der Waals surface area contributed by atoms with Crippen molar-refractivity contribution < 1.29 is 22.7 Å². The van der Waals surface area contributed by atoms with Gasteiger partial charge < -0.3 is 14.2 Å². The molecule has 2 aromatic carbocycles. The van der Waals surface area contributed by atoms with E-state index < -0.39 is 21.2 Å². The van der Waals surface area contributed by atoms with E-state index in [0.29, 0.717) is 36.3 Å². The predicted molar refractivity (Wildman–Crippen MR) is 212 cm³/mol. The summed E-state index contributed by atoms with van der Waals surface area (Å²) in [6, 6.07) is 12.4. The number of hydrogen-bond acceptors (Lipinski definition) is 7. The molecule has 2 bridgehead atoms. The predicted octanol–water partition coefficient (Wildman–Crippen LogP) is 6.83. The zero-order valence-electron chi connectivity index (χ0n) is 32.3. The van der Waals surface area contributed by atoms with Gasteiger partial charge in [0.05, 0.1) is 41.5 Å². The minimum atomic E-state index is -3.83. The van der Waals surface area contributed by atoms with Gasteiger partial charge in [0.15, 0.2) is 0 Å². The van der Waals surface area contributed by atoms with Crippen molar-refractivity contribution in [3.63, 3.8) is 0 Å². The van der Waals surface area contributed by atoms with Gasteiger partial charge in [0.2, 0.25) is 10.0 Å². The maximum atomic E-state index is 14.7. The number of ether oxygens (including phenoxy) is 1. The summed E-state index contributed by atoms with van der Waals surface area (Å²) in [5.74, 6) is 0.448. The Labute approximate surface area is 318 Å². The third-order valence-corrected chi connectivity index (χ3v) is 14.1. The van der Waals surface area contributed by atoms with E-state index in [1.165, 1.54) is 12.0 Å². The van der Waals surface area contributed by atoms with Crippen molar-refractivity contribution in [2.45, 2.75) is 109 Å². The molecule has 1 saturated carbocycles. The second-order valence-electron chi connectivity index (χ2n) is 15.8. The van der Waals surface area contributed by atoms with E-state index in [-0.39, 0.29) is 17.5 Å². The first-order valence-corrected chi connectivity index (χ1v) is 21.2. The smallest absolute Gasteiger partial charge is 0.264 e. The Morgan fingerprint density at radius 3 is 2.43 bits per heavy atom. The van der Waals surface area contributed by atoms with E-state index in [2.05, 4.69) is 51.1 Å². The molecule has 3 aliphatic heterocycles. The molecule has 2 atom stereocenters. The molecule has 1 N–H and O–H groups in total. The number of rotatable bonds is 9. The average molecular weight is 753 g/mol. The third-order valence-electron chi connectivity index (χ3n) is 12.4. The number of likely N-dealkylation sites (N-methyl/N-ethyl adjacent to an activating group) is 1. The standard InChI is InChI=1S/C42H52N6O5S/c1-7-45-23-32-21-31(45)24-46(32)42(50)37-26(5)43-48(8-2)39(37)30-18-29-19-33(53-6)15-17-34(29)40-38(27-12-10-9-11-13-27)35-16-14-28(20-36(35)47(40)22-30)41(49)44-54(51,52)25(3)4/h14-20,25,27,31-32H,7-13,21-24H2,1-6H3,(H,44,49)/t31-,32-/m1/s1. The molecule has 3 fully saturated rings. The Morgan fingerprint density at radius 2 is 1.76 bits per heavy atom. The van der Waals surface area contributed by atoms with Gasteiger partial charge in [-0.05, 0) is 113 Å². The first-order valence-electron chi connectivity index (χ1n) is 19.7. The van der Waals surface area contributed by atoms with Crippen LogP contribution in [0.3, 0.4) is 0 Å². The van der Waals surface area contributed by atoms with Crippen LogP contribution in [0.1, 0.15) is 115 Å². The molecular weight excluding hydrogens is 701 g/mol. The number of allylic oxidation sites excluding steroid dienone is 1. The SMILES string of the molecule is CCN1C[C@H]2C[C@@H]1CN2C(=O)c1c(C)nn(CC)c1C1=Cc2cc(OC)ccc2-c2c(C3CCCCC3)c3ccc(C(=O)NS(=O)(=O)C(C)C)cc3n2C1. The molecule has 0 unspecified atom stereocenters. The molecule has 286 valence electrons. The van der Waals surface area contributed by atoms with Crippen LogP contribution in [0, 0.1) is 6.92 Å². The highest BCUT2D eigenvalue weighted by atomic mass is 32.2. The highest BCUT2D eigenvalue weighted by Crippen LogP contribution is 2.48. The molecule has 4 aliphatic rings. The molecule has 2 amide bonds. The van der Waals surface area contributed by atoms with Crippen molar-refractivity contribution in [1.82, 2.24) is 28.9 Å². The monoisotopic (exact) mass is 752 g/mol. The first-order chi connectivity index (χ1) is 25.9. The normalized spacial score (nSPS) is 20.3. The molecule has 0 radical (unpaired) electrons. The number of amides is 2. The molecule has 2 aromatic heterocycles. The topological polar surface area (TPSA) is 119 Å². The van der Waals surface area contributed by atoms with Gasteiger partial charge in [-0.2, -0.15) is 5.10 Å². The fourth-order valence-electron chi connectivity index (χ4n) is 9.55. The molecule has 8 rings (SSSR count). The first kappa shape index (κ1) is 36.6. The van der Waals surface area contributed by atoms with E-state index in [9.17, 15) is 18.0 Å². The number of aromatic nitrogens is 3. The Hall–Kier alpha value is -4.42. The Kier molecular flexibility index (Phi) is 9.49. The lowest BCUT2D eigenvalue weighted by molar-refractivity contribution is 0.0629. The largest absolute Gasteiger partial charge is 0.497 e. The van der Waals surface area contributed by atoms with E-state index in [0.717, 1.165) is 96.5 Å². The quantitative estimate of drug-likeness (QED) is 0.199. The summed E-state index contributed by atoms with van der Waals surface area (Å²) >= 11 is 0. The lowest BCUT2D eigenvalue weighted by atomic mass is 9.81. The highest BCUT2D eigenvalue weighted by molar-refractivity contribution is 7.90. The number of sulfonamides is 1. The summed E-state index contributed by atoms with van der Waals surface area (Å²) in [5.41, 5.74) is 8.66. The number of fused-ring (bicyclic) bond motifs is 7. The van der Waals surface area contributed by atoms with Gasteiger partial charge in [0, 0.05) is 53.7 Å². The van der Waals surface area contributed by atoms with Crippen LogP contribution in [0.4, 0.5) is 0 Å². The zero-order valence-corrected chi connectivity index (χ0v) is 33.1. The fraction of sp³-hybridized carbons (Fsp3) is 0.500. The summed E-state index contributed by atoms with van der Waals surface area (Å²) in [7, 11) is -2.16. The van der Waals surface area contributed by atoms with Crippen molar-refractivity contribution in [3.8, 4) is 17.0 Å². The fourth-order valence-corrected chi connectivity index (χ4v) is 10.2. The minimum Gasteiger partial charge on any atom is -0.497 e. The molecular formula is C42H52N6O5S. The minimum absolute atomic E-state index is 0.0345. The van der Waals surface area contributed by atoms with Gasteiger partial charge in [-0.15, -0.1) is 0 Å². The van der Waals surface area contributed by atoms with Gasteiger partial charge in [-0.1, -0.05) is 32.3 Å². The second kappa shape index (κ2) is 14.0. The number of methoxy groups -OCH3 is 1. The van der Waals surface area contributed by atoms with Gasteiger partial charge in [0.1, 0.15) is 5.75 Å². The maximum absolute atomic E-state index is 14.7. The third kappa shape index (κ3) is 6.05. The number of benzene rings is 2. The molecule has 11 nitrogen and oxygen atoms in total. The van der Waals surface area contributed by atoms with Crippen LogP contribution in [0.5, 0.6) is 5.75 Å². The molecule has 5 heterocycles. The molecule has 0 spiro atoms. The Bertz CT molecular complexity index is 2300.